The molecule has 0 amide bonds. The summed E-state index contributed by atoms with van der Waals surface area (Å²) in [7, 11) is 0. The third kappa shape index (κ3) is 2.67. The van der Waals surface area contributed by atoms with Crippen molar-refractivity contribution in [3.63, 3.8) is 0 Å². The summed E-state index contributed by atoms with van der Waals surface area (Å²) in [6.45, 7) is -1.57. The molecule has 6 nitrogen and oxygen atoms in total. The minimum absolute atomic E-state index is 0.784. The molecule has 0 aliphatic carbocycles. The van der Waals surface area contributed by atoms with Gasteiger partial charge in [0.2, 0.25) is 0 Å². The first-order valence-corrected chi connectivity index (χ1v) is 3.24. The molecule has 6 heteroatoms. The number of rotatable bonds is 4. The van der Waals surface area contributed by atoms with Crippen molar-refractivity contribution in [3.8, 4) is 0 Å². The second kappa shape index (κ2) is 4.94. The minimum atomic E-state index is -1.65. The molecule has 0 saturated heterocycles. The molecule has 0 saturated carbocycles. The van der Waals surface area contributed by atoms with Crippen LogP contribution in [-0.4, -0.2) is 56.1 Å². The van der Waals surface area contributed by atoms with Crippen LogP contribution in [0.3, 0.4) is 0 Å². The van der Waals surface area contributed by atoms with Crippen molar-refractivity contribution in [1.82, 2.24) is 0 Å². The summed E-state index contributed by atoms with van der Waals surface area (Å²) in [6, 6.07) is 0. The van der Waals surface area contributed by atoms with E-state index in [4.69, 9.17) is 30.6 Å². The van der Waals surface area contributed by atoms with Gasteiger partial charge in [0.15, 0.2) is 11.5 Å². The molecule has 6 N–H and O–H groups in total. The highest BCUT2D eigenvalue weighted by Gasteiger charge is 2.19. The second-order valence-electron chi connectivity index (χ2n) is 2.17. The Bertz CT molecular complexity index is 147. The van der Waals surface area contributed by atoms with Gasteiger partial charge in [-0.15, -0.1) is 0 Å². The molecule has 12 heavy (non-hydrogen) atoms. The molecule has 0 fully saturated rings. The highest BCUT2D eigenvalue weighted by molar-refractivity contribution is 5.08. The molecule has 0 rings (SSSR count). The third-order valence-corrected chi connectivity index (χ3v) is 1.24. The molecule has 2 unspecified atom stereocenters. The highest BCUT2D eigenvalue weighted by Crippen LogP contribution is 2.07. The van der Waals surface area contributed by atoms with Gasteiger partial charge in [0, 0.05) is 0 Å². The van der Waals surface area contributed by atoms with Crippen LogP contribution in [0, 0.1) is 0 Å². The van der Waals surface area contributed by atoms with Crippen molar-refractivity contribution in [2.45, 2.75) is 12.2 Å². The summed E-state index contributed by atoms with van der Waals surface area (Å²) in [5, 5.41) is 51.8. The van der Waals surface area contributed by atoms with Crippen molar-refractivity contribution in [3.05, 3.63) is 11.5 Å². The summed E-state index contributed by atoms with van der Waals surface area (Å²) in [5.74, 6) is -1.89. The van der Waals surface area contributed by atoms with Crippen LogP contribution in [0.15, 0.2) is 11.5 Å². The van der Waals surface area contributed by atoms with Crippen molar-refractivity contribution >= 4 is 0 Å². The van der Waals surface area contributed by atoms with Crippen molar-refractivity contribution < 1.29 is 30.6 Å². The third-order valence-electron chi connectivity index (χ3n) is 1.24. The van der Waals surface area contributed by atoms with Crippen LogP contribution < -0.4 is 0 Å². The van der Waals surface area contributed by atoms with Crippen molar-refractivity contribution in [1.29, 1.82) is 0 Å². The molecule has 0 aliphatic heterocycles. The highest BCUT2D eigenvalue weighted by atomic mass is 16.4. The van der Waals surface area contributed by atoms with E-state index in [2.05, 4.69) is 0 Å². The second-order valence-corrected chi connectivity index (χ2v) is 2.17. The zero-order valence-electron chi connectivity index (χ0n) is 6.25. The minimum Gasteiger partial charge on any atom is -0.506 e. The van der Waals surface area contributed by atoms with E-state index in [1.54, 1.807) is 0 Å². The molecule has 2 atom stereocenters. The lowest BCUT2D eigenvalue weighted by atomic mass is 10.2. The molecule has 0 aromatic heterocycles. The lowest BCUT2D eigenvalue weighted by Gasteiger charge is -2.11. The first-order chi connectivity index (χ1) is 5.54. The molecule has 72 valence electrons. The summed E-state index contributed by atoms with van der Waals surface area (Å²) in [4.78, 5) is 0. The van der Waals surface area contributed by atoms with Crippen LogP contribution in [0.5, 0.6) is 0 Å². The molecule has 0 radical (unpaired) electrons. The van der Waals surface area contributed by atoms with E-state index in [0.29, 0.717) is 0 Å². The van der Waals surface area contributed by atoms with Gasteiger partial charge in [0.1, 0.15) is 12.2 Å². The molecule has 0 aromatic carbocycles. The van der Waals surface area contributed by atoms with Crippen LogP contribution in [0.25, 0.3) is 0 Å². The van der Waals surface area contributed by atoms with Gasteiger partial charge < -0.3 is 30.6 Å². The molecular weight excluding hydrogens is 168 g/mol. The lowest BCUT2D eigenvalue weighted by molar-refractivity contribution is 0.0499. The Morgan fingerprint density at radius 2 is 1.08 bits per heavy atom. The fraction of sp³-hybridized carbons (Fsp3) is 0.667. The Kier molecular flexibility index (Phi) is 4.60. The Labute approximate surface area is 68.6 Å². The van der Waals surface area contributed by atoms with Crippen LogP contribution >= 0.6 is 0 Å². The van der Waals surface area contributed by atoms with Crippen LogP contribution in [-0.2, 0) is 0 Å². The SMILES string of the molecule is OCC(O)C(O)=C(O)C(O)CO. The monoisotopic (exact) mass is 180 g/mol. The fourth-order valence-electron chi connectivity index (χ4n) is 0.514. The quantitative estimate of drug-likeness (QED) is 0.279. The van der Waals surface area contributed by atoms with Crippen LogP contribution in [0.2, 0.25) is 0 Å². The topological polar surface area (TPSA) is 121 Å². The van der Waals surface area contributed by atoms with Gasteiger partial charge >= 0.3 is 0 Å². The molecule has 0 aliphatic rings. The summed E-state index contributed by atoms with van der Waals surface area (Å²) in [6.07, 6.45) is -3.29. The van der Waals surface area contributed by atoms with Gasteiger partial charge in [-0.25, -0.2) is 0 Å². The van der Waals surface area contributed by atoms with Gasteiger partial charge in [0.25, 0.3) is 0 Å². The van der Waals surface area contributed by atoms with Crippen molar-refractivity contribution in [2.24, 2.45) is 0 Å². The maximum atomic E-state index is 8.84. The number of aliphatic hydroxyl groups excluding tert-OH is 6. The van der Waals surface area contributed by atoms with E-state index in [1.807, 2.05) is 0 Å². The van der Waals surface area contributed by atoms with Gasteiger partial charge in [-0.3, -0.25) is 0 Å². The predicted molar refractivity (Wildman–Crippen MR) is 38.5 cm³/mol. The Hall–Kier alpha value is -0.820. The summed E-state index contributed by atoms with van der Waals surface area (Å²) < 4.78 is 0. The summed E-state index contributed by atoms with van der Waals surface area (Å²) >= 11 is 0. The van der Waals surface area contributed by atoms with E-state index < -0.39 is 36.9 Å². The van der Waals surface area contributed by atoms with Gasteiger partial charge in [0.05, 0.1) is 13.2 Å². The Morgan fingerprint density at radius 1 is 0.833 bits per heavy atom. The predicted octanol–water partition coefficient (Wildman–Crippen LogP) is -1.98. The van der Waals surface area contributed by atoms with E-state index in [-0.39, 0.29) is 0 Å². The first kappa shape index (κ1) is 11.2. The lowest BCUT2D eigenvalue weighted by Crippen LogP contribution is -2.23. The molecular formula is C6H12O6. The summed E-state index contributed by atoms with van der Waals surface area (Å²) in [5.41, 5.74) is 0. The van der Waals surface area contributed by atoms with E-state index in [1.165, 1.54) is 0 Å². The van der Waals surface area contributed by atoms with Crippen LogP contribution in [0.4, 0.5) is 0 Å². The first-order valence-electron chi connectivity index (χ1n) is 3.24. The number of hydrogen-bond donors (Lipinski definition) is 6. The average Bonchev–Trinajstić information content (AvgIpc) is 2.12. The average molecular weight is 180 g/mol. The zero-order chi connectivity index (χ0) is 9.72. The molecule has 0 spiro atoms. The Morgan fingerprint density at radius 3 is 1.25 bits per heavy atom. The Balaban J connectivity index is 4.44. The maximum absolute atomic E-state index is 8.84. The smallest absolute Gasteiger partial charge is 0.164 e. The normalized spacial score (nSPS) is 18.3. The maximum Gasteiger partial charge on any atom is 0.164 e. The van der Waals surface area contributed by atoms with E-state index >= 15 is 0 Å². The zero-order valence-corrected chi connectivity index (χ0v) is 6.25. The molecule has 0 bridgehead atoms. The largest absolute Gasteiger partial charge is 0.506 e. The number of aliphatic hydroxyl groups is 6. The standard InChI is InChI=1S/C6H12O6/c7-1-3(9)5(11)6(12)4(10)2-8/h3-4,7-12H,1-2H2. The van der Waals surface area contributed by atoms with Gasteiger partial charge in [-0.05, 0) is 0 Å². The van der Waals surface area contributed by atoms with Gasteiger partial charge in [-0.2, -0.15) is 0 Å². The number of hydrogen-bond acceptors (Lipinski definition) is 6. The van der Waals surface area contributed by atoms with Crippen LogP contribution in [0.1, 0.15) is 0 Å². The molecule has 0 heterocycles. The molecule has 0 aromatic rings. The van der Waals surface area contributed by atoms with Gasteiger partial charge in [-0.1, -0.05) is 0 Å². The van der Waals surface area contributed by atoms with Crippen molar-refractivity contribution in [2.75, 3.05) is 13.2 Å². The van der Waals surface area contributed by atoms with E-state index in [9.17, 15) is 0 Å². The fourth-order valence-corrected chi connectivity index (χ4v) is 0.514. The van der Waals surface area contributed by atoms with E-state index in [0.717, 1.165) is 0 Å².